The average molecular weight is 481 g/mol. The van der Waals surface area contributed by atoms with Gasteiger partial charge in [-0.1, -0.05) is 18.2 Å². The molecule has 0 spiro atoms. The monoisotopic (exact) mass is 481 g/mol. The van der Waals surface area contributed by atoms with Crippen molar-refractivity contribution in [3.63, 3.8) is 0 Å². The van der Waals surface area contributed by atoms with Gasteiger partial charge in [-0.05, 0) is 67.4 Å². The summed E-state index contributed by atoms with van der Waals surface area (Å²) in [6.07, 6.45) is 2.35. The molecule has 2 amide bonds. The predicted molar refractivity (Wildman–Crippen MR) is 133 cm³/mol. The van der Waals surface area contributed by atoms with Crippen LogP contribution in [0.25, 0.3) is 21.9 Å². The van der Waals surface area contributed by atoms with E-state index in [-0.39, 0.29) is 5.91 Å². The van der Waals surface area contributed by atoms with Crippen molar-refractivity contribution >= 4 is 45.1 Å². The average Bonchev–Trinajstić information content (AvgIpc) is 3.62. The maximum absolute atomic E-state index is 13.1. The van der Waals surface area contributed by atoms with Gasteiger partial charge in [0.1, 0.15) is 34.3 Å². The maximum atomic E-state index is 13.1. The minimum Gasteiger partial charge on any atom is -0.437 e. The Kier molecular flexibility index (Phi) is 5.10. The number of aromatic nitrogens is 3. The third-order valence-electron chi connectivity index (χ3n) is 6.30. The van der Waals surface area contributed by atoms with Crippen LogP contribution in [0.1, 0.15) is 12.8 Å². The van der Waals surface area contributed by atoms with Gasteiger partial charge in [-0.3, -0.25) is 9.59 Å². The van der Waals surface area contributed by atoms with Crippen molar-refractivity contribution < 1.29 is 18.7 Å². The van der Waals surface area contributed by atoms with E-state index in [4.69, 9.17) is 4.74 Å². The van der Waals surface area contributed by atoms with Gasteiger partial charge in [-0.15, -0.1) is 0 Å². The Labute approximate surface area is 204 Å². The molecule has 1 aliphatic carbocycles. The molecule has 0 atom stereocenters. The molecule has 0 radical (unpaired) electrons. The molecule has 36 heavy (non-hydrogen) atoms. The number of hydrogen-bond donors (Lipinski definition) is 3. The Morgan fingerprint density at radius 2 is 1.50 bits per heavy atom. The second-order valence-corrected chi connectivity index (χ2v) is 8.70. The maximum Gasteiger partial charge on any atom is 0.247 e. The van der Waals surface area contributed by atoms with Gasteiger partial charge in [-0.2, -0.15) is 4.98 Å². The summed E-state index contributed by atoms with van der Waals surface area (Å²) in [7, 11) is 0. The van der Waals surface area contributed by atoms with Gasteiger partial charge in [0.25, 0.3) is 0 Å². The van der Waals surface area contributed by atoms with Crippen LogP contribution in [0.3, 0.4) is 0 Å². The summed E-state index contributed by atoms with van der Waals surface area (Å²) in [6, 6.07) is 20.1. The number of aromatic amines is 1. The van der Waals surface area contributed by atoms with Crippen molar-refractivity contribution in [2.24, 2.45) is 5.41 Å². The van der Waals surface area contributed by atoms with E-state index in [1.54, 1.807) is 24.3 Å². The first-order valence-electron chi connectivity index (χ1n) is 11.4. The summed E-state index contributed by atoms with van der Waals surface area (Å²) in [6.45, 7) is 0. The summed E-state index contributed by atoms with van der Waals surface area (Å²) < 4.78 is 19.1. The largest absolute Gasteiger partial charge is 0.437 e. The lowest BCUT2D eigenvalue weighted by atomic mass is 10.0. The minimum atomic E-state index is -1.13. The van der Waals surface area contributed by atoms with Crippen LogP contribution in [0.15, 0.2) is 79.1 Å². The molecule has 1 fully saturated rings. The topological polar surface area (TPSA) is 109 Å². The van der Waals surface area contributed by atoms with Crippen molar-refractivity contribution in [3.8, 4) is 11.6 Å². The van der Waals surface area contributed by atoms with Gasteiger partial charge in [0, 0.05) is 22.3 Å². The first-order valence-corrected chi connectivity index (χ1v) is 11.4. The Hall–Kier alpha value is -4.79. The van der Waals surface area contributed by atoms with Gasteiger partial charge in [0.15, 0.2) is 0 Å². The number of nitrogens with zero attached hydrogens (tertiary/aromatic N) is 2. The molecule has 1 saturated carbocycles. The van der Waals surface area contributed by atoms with E-state index < -0.39 is 17.1 Å². The highest BCUT2D eigenvalue weighted by Gasteiger charge is 2.56. The molecule has 3 N–H and O–H groups in total. The molecular weight excluding hydrogens is 461 g/mol. The summed E-state index contributed by atoms with van der Waals surface area (Å²) in [5.41, 5.74) is 2.24. The Morgan fingerprint density at radius 1 is 0.861 bits per heavy atom. The van der Waals surface area contributed by atoms with Gasteiger partial charge in [0.05, 0.1) is 0 Å². The first-order chi connectivity index (χ1) is 17.5. The van der Waals surface area contributed by atoms with E-state index in [2.05, 4.69) is 25.6 Å². The Balaban J connectivity index is 1.15. The fourth-order valence-electron chi connectivity index (χ4n) is 4.13. The SMILES string of the molecule is O=C(Nc1ccc(F)cc1)C1(C(=O)Nc2ccc(Oc3ncnc4c3[nH]c3ccccc34)cc2)CC1. The molecular formula is C27H20FN5O3. The fraction of sp³-hybridized carbons (Fsp3) is 0.111. The lowest BCUT2D eigenvalue weighted by Gasteiger charge is -2.16. The molecule has 6 rings (SSSR count). The zero-order chi connectivity index (χ0) is 24.7. The van der Waals surface area contributed by atoms with Crippen LogP contribution in [0, 0.1) is 11.2 Å². The summed E-state index contributed by atoms with van der Waals surface area (Å²) in [4.78, 5) is 37.6. The number of rotatable bonds is 6. The van der Waals surface area contributed by atoms with Crippen molar-refractivity contribution in [2.45, 2.75) is 12.8 Å². The highest BCUT2D eigenvalue weighted by molar-refractivity contribution is 6.17. The van der Waals surface area contributed by atoms with Gasteiger partial charge >= 0.3 is 0 Å². The number of fused-ring (bicyclic) bond motifs is 3. The lowest BCUT2D eigenvalue weighted by Crippen LogP contribution is -2.35. The molecule has 0 unspecified atom stereocenters. The number of anilines is 2. The second-order valence-electron chi connectivity index (χ2n) is 8.70. The number of benzene rings is 3. The number of ether oxygens (including phenoxy) is 1. The zero-order valence-corrected chi connectivity index (χ0v) is 18.9. The van der Waals surface area contributed by atoms with E-state index in [0.717, 1.165) is 16.4 Å². The van der Waals surface area contributed by atoms with Crippen LogP contribution >= 0.6 is 0 Å². The molecule has 0 aliphatic heterocycles. The molecule has 1 aliphatic rings. The molecule has 9 heteroatoms. The quantitative estimate of drug-likeness (QED) is 0.281. The van der Waals surface area contributed by atoms with E-state index in [9.17, 15) is 14.0 Å². The Morgan fingerprint density at radius 3 is 2.17 bits per heavy atom. The molecule has 8 nitrogen and oxygen atoms in total. The van der Waals surface area contributed by atoms with Crippen LogP contribution in [-0.4, -0.2) is 26.8 Å². The zero-order valence-electron chi connectivity index (χ0n) is 18.9. The van der Waals surface area contributed by atoms with E-state index in [0.29, 0.717) is 41.4 Å². The minimum absolute atomic E-state index is 0.383. The van der Waals surface area contributed by atoms with E-state index >= 15 is 0 Å². The van der Waals surface area contributed by atoms with Crippen molar-refractivity contribution in [3.05, 3.63) is 84.9 Å². The summed E-state index contributed by atoms with van der Waals surface area (Å²) in [5.74, 6) is -0.266. The van der Waals surface area contributed by atoms with Crippen molar-refractivity contribution in [1.29, 1.82) is 0 Å². The number of amides is 2. The molecule has 5 aromatic rings. The molecule has 2 heterocycles. The van der Waals surface area contributed by atoms with E-state index in [1.165, 1.54) is 30.6 Å². The lowest BCUT2D eigenvalue weighted by molar-refractivity contribution is -0.131. The number of para-hydroxylation sites is 1. The molecule has 0 bridgehead atoms. The van der Waals surface area contributed by atoms with Crippen LogP contribution < -0.4 is 15.4 Å². The second kappa shape index (κ2) is 8.46. The third-order valence-corrected chi connectivity index (χ3v) is 6.30. The molecule has 0 saturated heterocycles. The smallest absolute Gasteiger partial charge is 0.247 e. The van der Waals surface area contributed by atoms with Crippen molar-refractivity contribution in [2.75, 3.05) is 10.6 Å². The standard InChI is InChI=1S/C27H20FN5O3/c28-16-5-7-17(8-6-16)31-25(34)27(13-14-27)26(35)32-18-9-11-19(12-10-18)36-24-23-22(29-15-30-24)20-3-1-2-4-21(20)33-23/h1-12,15,33H,13-14H2,(H,31,34)(H,32,35). The highest BCUT2D eigenvalue weighted by atomic mass is 19.1. The van der Waals surface area contributed by atoms with Crippen molar-refractivity contribution in [1.82, 2.24) is 15.0 Å². The number of halogens is 1. The normalized spacial score (nSPS) is 13.9. The van der Waals surface area contributed by atoms with Gasteiger partial charge < -0.3 is 20.4 Å². The molecule has 2 aromatic heterocycles. The number of carbonyl (C=O) groups excluding carboxylic acids is 2. The van der Waals surface area contributed by atoms with E-state index in [1.807, 2.05) is 24.3 Å². The first kappa shape index (κ1) is 21.7. The number of nitrogens with one attached hydrogen (secondary N) is 3. The fourth-order valence-corrected chi connectivity index (χ4v) is 4.13. The third kappa shape index (κ3) is 3.90. The summed E-state index contributed by atoms with van der Waals surface area (Å²) in [5, 5.41) is 6.49. The van der Waals surface area contributed by atoms with Crippen LogP contribution in [0.4, 0.5) is 15.8 Å². The molecule has 178 valence electrons. The van der Waals surface area contributed by atoms with Gasteiger partial charge in [-0.25, -0.2) is 9.37 Å². The predicted octanol–water partition coefficient (Wildman–Crippen LogP) is 5.40. The van der Waals surface area contributed by atoms with Gasteiger partial charge in [0.2, 0.25) is 17.7 Å². The number of carbonyl (C=O) groups is 2. The highest BCUT2D eigenvalue weighted by Crippen LogP contribution is 2.47. The summed E-state index contributed by atoms with van der Waals surface area (Å²) >= 11 is 0. The number of hydrogen-bond acceptors (Lipinski definition) is 5. The Bertz CT molecular complexity index is 1610. The van der Waals surface area contributed by atoms with Crippen LogP contribution in [-0.2, 0) is 9.59 Å². The van der Waals surface area contributed by atoms with Crippen LogP contribution in [0.2, 0.25) is 0 Å². The van der Waals surface area contributed by atoms with Crippen LogP contribution in [0.5, 0.6) is 11.6 Å². The number of H-pyrrole nitrogens is 1. The molecule has 3 aromatic carbocycles.